The zero-order valence-corrected chi connectivity index (χ0v) is 14.4. The molecule has 2 amide bonds. The number of fused-ring (bicyclic) bond motifs is 1. The van der Waals surface area contributed by atoms with Crippen molar-refractivity contribution in [3.63, 3.8) is 0 Å². The lowest BCUT2D eigenvalue weighted by molar-refractivity contribution is 0.0944. The first-order chi connectivity index (χ1) is 11.6. The molecule has 0 aliphatic heterocycles. The summed E-state index contributed by atoms with van der Waals surface area (Å²) in [7, 11) is 1.52. The molecule has 3 rings (SSSR count). The van der Waals surface area contributed by atoms with Crippen molar-refractivity contribution in [3.05, 3.63) is 63.8 Å². The molecule has 5 nitrogen and oxygen atoms in total. The van der Waals surface area contributed by atoms with Gasteiger partial charge in [-0.25, -0.2) is 4.98 Å². The van der Waals surface area contributed by atoms with Gasteiger partial charge in [-0.1, -0.05) is 17.7 Å². The third-order valence-electron chi connectivity index (χ3n) is 3.50. The van der Waals surface area contributed by atoms with Crippen LogP contribution in [0.25, 0.3) is 10.1 Å². The topological polar surface area (TPSA) is 71.1 Å². The van der Waals surface area contributed by atoms with E-state index < -0.39 is 0 Å². The Hall–Kier alpha value is -2.44. The maximum atomic E-state index is 12.3. The first kappa shape index (κ1) is 16.4. The van der Waals surface area contributed by atoms with Crippen molar-refractivity contribution in [1.82, 2.24) is 15.6 Å². The van der Waals surface area contributed by atoms with E-state index in [1.807, 2.05) is 23.6 Å². The number of hydrogen-bond donors (Lipinski definition) is 2. The van der Waals surface area contributed by atoms with E-state index in [0.717, 1.165) is 15.6 Å². The molecule has 2 heterocycles. The second-order valence-electron chi connectivity index (χ2n) is 5.07. The minimum Gasteiger partial charge on any atom is -0.354 e. The van der Waals surface area contributed by atoms with Crippen LogP contribution in [0.1, 0.15) is 26.5 Å². The average Bonchev–Trinajstić information content (AvgIpc) is 3.01. The summed E-state index contributed by atoms with van der Waals surface area (Å²) in [6.45, 7) is 0.366. The largest absolute Gasteiger partial charge is 0.354 e. The highest BCUT2D eigenvalue weighted by molar-refractivity contribution is 7.17. The number of carbonyl (C=O) groups is 2. The second kappa shape index (κ2) is 6.98. The minimum atomic E-state index is -0.331. The smallest absolute Gasteiger partial charge is 0.270 e. The summed E-state index contributed by atoms with van der Waals surface area (Å²) in [5, 5.41) is 8.99. The van der Waals surface area contributed by atoms with Crippen molar-refractivity contribution in [1.29, 1.82) is 0 Å². The number of thiophene rings is 1. The Morgan fingerprint density at radius 3 is 2.67 bits per heavy atom. The Morgan fingerprint density at radius 2 is 1.92 bits per heavy atom. The van der Waals surface area contributed by atoms with Crippen molar-refractivity contribution in [2.45, 2.75) is 6.54 Å². The summed E-state index contributed by atoms with van der Waals surface area (Å²) in [6.07, 6.45) is 0. The van der Waals surface area contributed by atoms with Crippen LogP contribution in [0.2, 0.25) is 5.02 Å². The average molecular weight is 360 g/mol. The normalized spacial score (nSPS) is 10.6. The fourth-order valence-electron chi connectivity index (χ4n) is 2.27. The summed E-state index contributed by atoms with van der Waals surface area (Å²) in [5.74, 6) is -0.662. The molecule has 3 aromatic rings. The molecule has 0 unspecified atom stereocenters. The molecule has 0 spiro atoms. The minimum absolute atomic E-state index is 0.202. The van der Waals surface area contributed by atoms with Gasteiger partial charge in [-0.05, 0) is 46.7 Å². The highest BCUT2D eigenvalue weighted by atomic mass is 35.5. The van der Waals surface area contributed by atoms with E-state index in [1.54, 1.807) is 29.5 Å². The molecule has 2 aromatic heterocycles. The molecule has 2 N–H and O–H groups in total. The van der Waals surface area contributed by atoms with Gasteiger partial charge in [0, 0.05) is 23.3 Å². The number of benzene rings is 1. The standard InChI is InChI=1S/C17H14ClN3O2S/c1-19-16(22)13-3-2-4-14(21-13)17(23)20-8-10-9-24-15-6-5-11(18)7-12(10)15/h2-7,9H,8H2,1H3,(H,19,22)(H,20,23). The predicted octanol–water partition coefficient (Wildman–Crippen LogP) is 3.24. The maximum absolute atomic E-state index is 12.3. The van der Waals surface area contributed by atoms with Crippen LogP contribution in [0, 0.1) is 0 Å². The van der Waals surface area contributed by atoms with E-state index in [2.05, 4.69) is 15.6 Å². The zero-order valence-electron chi connectivity index (χ0n) is 12.8. The van der Waals surface area contributed by atoms with Gasteiger partial charge in [0.1, 0.15) is 11.4 Å². The number of nitrogens with one attached hydrogen (secondary N) is 2. The number of nitrogens with zero attached hydrogens (tertiary/aromatic N) is 1. The van der Waals surface area contributed by atoms with Crippen LogP contribution < -0.4 is 10.6 Å². The van der Waals surface area contributed by atoms with Crippen LogP contribution >= 0.6 is 22.9 Å². The van der Waals surface area contributed by atoms with Gasteiger partial charge in [-0.15, -0.1) is 11.3 Å². The molecule has 0 aliphatic rings. The van der Waals surface area contributed by atoms with Crippen molar-refractivity contribution < 1.29 is 9.59 Å². The molecule has 0 saturated carbocycles. The Morgan fingerprint density at radius 1 is 1.17 bits per heavy atom. The highest BCUT2D eigenvalue weighted by Gasteiger charge is 2.12. The van der Waals surface area contributed by atoms with Gasteiger partial charge in [0.05, 0.1) is 0 Å². The first-order valence-corrected chi connectivity index (χ1v) is 8.47. The number of hydrogen-bond acceptors (Lipinski definition) is 4. The summed E-state index contributed by atoms with van der Waals surface area (Å²) in [6, 6.07) is 10.5. The van der Waals surface area contributed by atoms with Crippen LogP contribution in [-0.2, 0) is 6.54 Å². The van der Waals surface area contributed by atoms with Crippen molar-refractivity contribution in [2.24, 2.45) is 0 Å². The van der Waals surface area contributed by atoms with Crippen LogP contribution in [-0.4, -0.2) is 23.8 Å². The lowest BCUT2D eigenvalue weighted by Gasteiger charge is -2.06. The first-order valence-electron chi connectivity index (χ1n) is 7.21. The number of amides is 2. The fourth-order valence-corrected chi connectivity index (χ4v) is 3.39. The summed E-state index contributed by atoms with van der Waals surface area (Å²) in [5.41, 5.74) is 1.40. The number of carbonyl (C=O) groups excluding carboxylic acids is 2. The van der Waals surface area contributed by atoms with Gasteiger partial charge in [0.15, 0.2) is 0 Å². The third-order valence-corrected chi connectivity index (χ3v) is 4.74. The Balaban J connectivity index is 1.75. The highest BCUT2D eigenvalue weighted by Crippen LogP contribution is 2.28. The molecule has 24 heavy (non-hydrogen) atoms. The molecule has 0 radical (unpaired) electrons. The molecule has 0 bridgehead atoms. The number of pyridine rings is 1. The van der Waals surface area contributed by atoms with E-state index in [0.29, 0.717) is 11.6 Å². The number of halogens is 1. The summed E-state index contributed by atoms with van der Waals surface area (Å²) < 4.78 is 1.11. The molecule has 0 aliphatic carbocycles. The molecule has 0 atom stereocenters. The lowest BCUT2D eigenvalue weighted by Crippen LogP contribution is -2.25. The quantitative estimate of drug-likeness (QED) is 0.751. The van der Waals surface area contributed by atoms with Gasteiger partial charge < -0.3 is 10.6 Å². The molecule has 1 aromatic carbocycles. The zero-order chi connectivity index (χ0) is 17.1. The van der Waals surface area contributed by atoms with E-state index in [-0.39, 0.29) is 23.2 Å². The monoisotopic (exact) mass is 359 g/mol. The van der Waals surface area contributed by atoms with E-state index >= 15 is 0 Å². The predicted molar refractivity (Wildman–Crippen MR) is 95.6 cm³/mol. The number of rotatable bonds is 4. The van der Waals surface area contributed by atoms with Gasteiger partial charge in [0.25, 0.3) is 11.8 Å². The van der Waals surface area contributed by atoms with Gasteiger partial charge in [-0.2, -0.15) is 0 Å². The second-order valence-corrected chi connectivity index (χ2v) is 6.42. The molecule has 0 fully saturated rings. The molecular weight excluding hydrogens is 346 g/mol. The Kier molecular flexibility index (Phi) is 4.78. The number of aromatic nitrogens is 1. The molecule has 122 valence electrons. The SMILES string of the molecule is CNC(=O)c1cccc(C(=O)NCc2csc3ccc(Cl)cc23)n1. The summed E-state index contributed by atoms with van der Waals surface area (Å²) in [4.78, 5) is 28.0. The fraction of sp³-hybridized carbons (Fsp3) is 0.118. The maximum Gasteiger partial charge on any atom is 0.270 e. The van der Waals surface area contributed by atoms with Gasteiger partial charge in [-0.3, -0.25) is 9.59 Å². The van der Waals surface area contributed by atoms with Crippen LogP contribution in [0.4, 0.5) is 0 Å². The van der Waals surface area contributed by atoms with E-state index in [9.17, 15) is 9.59 Å². The molecule has 7 heteroatoms. The van der Waals surface area contributed by atoms with Crippen molar-refractivity contribution in [2.75, 3.05) is 7.05 Å². The van der Waals surface area contributed by atoms with E-state index in [1.165, 1.54) is 7.05 Å². The van der Waals surface area contributed by atoms with Crippen LogP contribution in [0.5, 0.6) is 0 Å². The van der Waals surface area contributed by atoms with Gasteiger partial charge >= 0.3 is 0 Å². The van der Waals surface area contributed by atoms with Gasteiger partial charge in [0.2, 0.25) is 0 Å². The lowest BCUT2D eigenvalue weighted by atomic mass is 10.2. The van der Waals surface area contributed by atoms with Crippen LogP contribution in [0.15, 0.2) is 41.8 Å². The summed E-state index contributed by atoms with van der Waals surface area (Å²) >= 11 is 7.64. The van der Waals surface area contributed by atoms with Crippen LogP contribution in [0.3, 0.4) is 0 Å². The van der Waals surface area contributed by atoms with Crippen molar-refractivity contribution >= 4 is 44.8 Å². The third kappa shape index (κ3) is 3.39. The molecule has 0 saturated heterocycles. The Labute approximate surface area is 147 Å². The van der Waals surface area contributed by atoms with Crippen molar-refractivity contribution in [3.8, 4) is 0 Å². The Bertz CT molecular complexity index is 923. The molecular formula is C17H14ClN3O2S. The van der Waals surface area contributed by atoms with E-state index in [4.69, 9.17) is 11.6 Å².